The van der Waals surface area contributed by atoms with Gasteiger partial charge in [0.25, 0.3) is 0 Å². The van der Waals surface area contributed by atoms with Crippen LogP contribution in [-0.2, 0) is 11.3 Å². The van der Waals surface area contributed by atoms with Crippen molar-refractivity contribution in [1.29, 1.82) is 0 Å². The predicted molar refractivity (Wildman–Crippen MR) is 63.0 cm³/mol. The van der Waals surface area contributed by atoms with E-state index in [9.17, 15) is 4.79 Å². The van der Waals surface area contributed by atoms with Gasteiger partial charge in [-0.3, -0.25) is 9.48 Å². The Hall–Kier alpha value is -1.43. The average Bonchev–Trinajstić information content (AvgIpc) is 2.83. The molecule has 6 heteroatoms. The normalized spacial score (nSPS) is 24.5. The maximum atomic E-state index is 11.7. The van der Waals surface area contributed by atoms with Gasteiger partial charge in [0.2, 0.25) is 5.91 Å². The molecule has 2 rings (SSSR count). The standard InChI is InChI=1S/C11H19N5O/c12-9-1-3-10(4-2-9)15-11(17)5-6-16-8-13-7-14-16/h7-10H,1-6,12H2,(H,15,17). The molecule has 1 heterocycles. The van der Waals surface area contributed by atoms with E-state index in [0.29, 0.717) is 25.0 Å². The Morgan fingerprint density at radius 3 is 2.82 bits per heavy atom. The number of aryl methyl sites for hydroxylation is 1. The highest BCUT2D eigenvalue weighted by molar-refractivity contribution is 5.76. The summed E-state index contributed by atoms with van der Waals surface area (Å²) in [6, 6.07) is 0.622. The monoisotopic (exact) mass is 237 g/mol. The van der Waals surface area contributed by atoms with Crippen LogP contribution in [0.5, 0.6) is 0 Å². The second kappa shape index (κ2) is 5.77. The lowest BCUT2D eigenvalue weighted by atomic mass is 9.92. The zero-order valence-corrected chi connectivity index (χ0v) is 9.88. The number of nitrogens with two attached hydrogens (primary N) is 1. The van der Waals surface area contributed by atoms with Gasteiger partial charge in [0.15, 0.2) is 0 Å². The van der Waals surface area contributed by atoms with Crippen LogP contribution < -0.4 is 11.1 Å². The van der Waals surface area contributed by atoms with Crippen molar-refractivity contribution >= 4 is 5.91 Å². The summed E-state index contributed by atoms with van der Waals surface area (Å²) in [5, 5.41) is 7.00. The number of carbonyl (C=O) groups is 1. The van der Waals surface area contributed by atoms with Crippen LogP contribution in [0.3, 0.4) is 0 Å². The van der Waals surface area contributed by atoms with Crippen molar-refractivity contribution in [2.24, 2.45) is 5.73 Å². The third-order valence-electron chi connectivity index (χ3n) is 3.17. The van der Waals surface area contributed by atoms with Crippen molar-refractivity contribution in [2.75, 3.05) is 0 Å². The highest BCUT2D eigenvalue weighted by Gasteiger charge is 2.19. The molecule has 6 nitrogen and oxygen atoms in total. The molecule has 17 heavy (non-hydrogen) atoms. The Labute approximate surface area is 101 Å². The van der Waals surface area contributed by atoms with E-state index >= 15 is 0 Å². The van der Waals surface area contributed by atoms with E-state index in [1.807, 2.05) is 0 Å². The number of aromatic nitrogens is 3. The van der Waals surface area contributed by atoms with Crippen LogP contribution in [0.2, 0.25) is 0 Å². The Bertz CT molecular complexity index is 343. The second-order valence-corrected chi connectivity index (χ2v) is 4.59. The molecule has 1 aromatic rings. The van der Waals surface area contributed by atoms with Crippen LogP contribution in [-0.4, -0.2) is 32.8 Å². The van der Waals surface area contributed by atoms with Crippen LogP contribution in [0.15, 0.2) is 12.7 Å². The molecule has 0 aliphatic heterocycles. The zero-order chi connectivity index (χ0) is 12.1. The molecule has 94 valence electrons. The van der Waals surface area contributed by atoms with Crippen LogP contribution in [0.4, 0.5) is 0 Å². The summed E-state index contributed by atoms with van der Waals surface area (Å²) in [6.45, 7) is 0.581. The van der Waals surface area contributed by atoms with E-state index in [2.05, 4.69) is 15.4 Å². The molecule has 0 spiro atoms. The first kappa shape index (κ1) is 12.0. The lowest BCUT2D eigenvalue weighted by Crippen LogP contribution is -2.40. The Morgan fingerprint density at radius 2 is 2.18 bits per heavy atom. The van der Waals surface area contributed by atoms with Gasteiger partial charge in [-0.2, -0.15) is 5.10 Å². The molecular weight excluding hydrogens is 218 g/mol. The highest BCUT2D eigenvalue weighted by Crippen LogP contribution is 2.16. The summed E-state index contributed by atoms with van der Waals surface area (Å²) in [7, 11) is 0. The smallest absolute Gasteiger partial charge is 0.222 e. The Balaban J connectivity index is 1.67. The first-order valence-corrected chi connectivity index (χ1v) is 6.11. The average molecular weight is 237 g/mol. The summed E-state index contributed by atoms with van der Waals surface area (Å²) in [5.74, 6) is 0.0842. The van der Waals surface area contributed by atoms with Gasteiger partial charge in [0.05, 0.1) is 6.54 Å². The van der Waals surface area contributed by atoms with Crippen molar-refractivity contribution in [3.05, 3.63) is 12.7 Å². The SMILES string of the molecule is NC1CCC(NC(=O)CCn2cncn2)CC1. The summed E-state index contributed by atoms with van der Waals surface area (Å²) in [6.07, 6.45) is 7.55. The number of nitrogens with zero attached hydrogens (tertiary/aromatic N) is 3. The van der Waals surface area contributed by atoms with E-state index in [0.717, 1.165) is 25.7 Å². The van der Waals surface area contributed by atoms with Crippen LogP contribution in [0.25, 0.3) is 0 Å². The molecular formula is C11H19N5O. The van der Waals surface area contributed by atoms with E-state index in [-0.39, 0.29) is 5.91 Å². The molecule has 0 saturated heterocycles. The van der Waals surface area contributed by atoms with Gasteiger partial charge >= 0.3 is 0 Å². The highest BCUT2D eigenvalue weighted by atomic mass is 16.1. The van der Waals surface area contributed by atoms with Gasteiger partial charge in [-0.1, -0.05) is 0 Å². The number of carbonyl (C=O) groups excluding carboxylic acids is 1. The third kappa shape index (κ3) is 3.81. The molecule has 1 fully saturated rings. The minimum Gasteiger partial charge on any atom is -0.353 e. The number of amides is 1. The van der Waals surface area contributed by atoms with Crippen LogP contribution >= 0.6 is 0 Å². The molecule has 0 bridgehead atoms. The lowest BCUT2D eigenvalue weighted by Gasteiger charge is -2.26. The van der Waals surface area contributed by atoms with E-state index in [1.165, 1.54) is 6.33 Å². The van der Waals surface area contributed by atoms with Crippen molar-refractivity contribution < 1.29 is 4.79 Å². The lowest BCUT2D eigenvalue weighted by molar-refractivity contribution is -0.122. The Kier molecular flexibility index (Phi) is 4.08. The molecule has 0 atom stereocenters. The first-order chi connectivity index (χ1) is 8.24. The van der Waals surface area contributed by atoms with E-state index in [4.69, 9.17) is 5.73 Å². The van der Waals surface area contributed by atoms with Gasteiger partial charge in [0, 0.05) is 18.5 Å². The van der Waals surface area contributed by atoms with Gasteiger partial charge in [-0.25, -0.2) is 4.98 Å². The number of hydrogen-bond donors (Lipinski definition) is 2. The fourth-order valence-corrected chi connectivity index (χ4v) is 2.13. The largest absolute Gasteiger partial charge is 0.353 e. The molecule has 0 aromatic carbocycles. The molecule has 3 N–H and O–H groups in total. The molecule has 1 saturated carbocycles. The molecule has 1 amide bonds. The maximum Gasteiger partial charge on any atom is 0.222 e. The minimum absolute atomic E-state index is 0.0842. The first-order valence-electron chi connectivity index (χ1n) is 6.11. The molecule has 1 aromatic heterocycles. The predicted octanol–water partition coefficient (Wildman–Crippen LogP) is 0.0543. The molecule has 1 aliphatic carbocycles. The second-order valence-electron chi connectivity index (χ2n) is 4.59. The van der Waals surface area contributed by atoms with Gasteiger partial charge in [-0.05, 0) is 25.7 Å². The zero-order valence-electron chi connectivity index (χ0n) is 9.88. The van der Waals surface area contributed by atoms with Crippen LogP contribution in [0.1, 0.15) is 32.1 Å². The number of hydrogen-bond acceptors (Lipinski definition) is 4. The number of rotatable bonds is 4. The molecule has 0 radical (unpaired) electrons. The molecule has 1 aliphatic rings. The Morgan fingerprint density at radius 1 is 1.41 bits per heavy atom. The van der Waals surface area contributed by atoms with Gasteiger partial charge in [0.1, 0.15) is 12.7 Å². The summed E-state index contributed by atoms with van der Waals surface area (Å²) < 4.78 is 1.66. The topological polar surface area (TPSA) is 85.8 Å². The fraction of sp³-hybridized carbons (Fsp3) is 0.727. The summed E-state index contributed by atoms with van der Waals surface area (Å²) in [5.41, 5.74) is 5.82. The van der Waals surface area contributed by atoms with Crippen molar-refractivity contribution in [3.8, 4) is 0 Å². The van der Waals surface area contributed by atoms with E-state index in [1.54, 1.807) is 11.0 Å². The van der Waals surface area contributed by atoms with Crippen molar-refractivity contribution in [2.45, 2.75) is 50.7 Å². The van der Waals surface area contributed by atoms with Crippen molar-refractivity contribution in [3.63, 3.8) is 0 Å². The van der Waals surface area contributed by atoms with Gasteiger partial charge < -0.3 is 11.1 Å². The van der Waals surface area contributed by atoms with Crippen molar-refractivity contribution in [1.82, 2.24) is 20.1 Å². The quantitative estimate of drug-likeness (QED) is 0.775. The van der Waals surface area contributed by atoms with Gasteiger partial charge in [-0.15, -0.1) is 0 Å². The minimum atomic E-state index is 0.0842. The molecule has 0 unspecified atom stereocenters. The summed E-state index contributed by atoms with van der Waals surface area (Å²) >= 11 is 0. The number of nitrogens with one attached hydrogen (secondary N) is 1. The fourth-order valence-electron chi connectivity index (χ4n) is 2.13. The van der Waals surface area contributed by atoms with Crippen LogP contribution in [0, 0.1) is 0 Å². The van der Waals surface area contributed by atoms with E-state index < -0.39 is 0 Å². The summed E-state index contributed by atoms with van der Waals surface area (Å²) in [4.78, 5) is 15.5. The third-order valence-corrected chi connectivity index (χ3v) is 3.17. The maximum absolute atomic E-state index is 11.7.